The molecule has 0 saturated heterocycles. The second kappa shape index (κ2) is 10.2. The molecule has 0 heterocycles. The molecule has 0 rings (SSSR count). The monoisotopic (exact) mass is 182 g/mol. The van der Waals surface area contributed by atoms with Crippen LogP contribution in [0.2, 0.25) is 0 Å². The summed E-state index contributed by atoms with van der Waals surface area (Å²) in [6.07, 6.45) is 0. The molecule has 11 heavy (non-hydrogen) atoms. The lowest BCUT2D eigenvalue weighted by Gasteiger charge is -2.03. The minimum atomic E-state index is 0.540. The number of methoxy groups -OCH3 is 1. The Hall–Kier alpha value is 0.170. The van der Waals surface area contributed by atoms with Gasteiger partial charge in [-0.1, -0.05) is 0 Å². The Morgan fingerprint density at radius 3 is 2.00 bits per heavy atom. The van der Waals surface area contributed by atoms with Gasteiger partial charge in [-0.15, -0.1) is 11.6 Å². The first-order valence-electron chi connectivity index (χ1n) is 3.62. The molecule has 0 amide bonds. The molecule has 0 fully saturated rings. The molecule has 0 spiro atoms. The van der Waals surface area contributed by atoms with Crippen molar-refractivity contribution in [2.75, 3.05) is 46.0 Å². The standard InChI is InChI=1S/C7H15ClO3/c1-9-4-5-11-7-6-10-3-2-8/h2-7H2,1H3. The quantitative estimate of drug-likeness (QED) is 0.413. The van der Waals surface area contributed by atoms with Crippen LogP contribution in [0.25, 0.3) is 0 Å². The van der Waals surface area contributed by atoms with E-state index >= 15 is 0 Å². The van der Waals surface area contributed by atoms with Gasteiger partial charge in [0.05, 0.1) is 33.0 Å². The lowest BCUT2D eigenvalue weighted by molar-refractivity contribution is 0.0284. The summed E-state index contributed by atoms with van der Waals surface area (Å²) in [6, 6.07) is 0. The molecule has 0 atom stereocenters. The van der Waals surface area contributed by atoms with Crippen LogP contribution in [0.4, 0.5) is 0 Å². The van der Waals surface area contributed by atoms with Gasteiger partial charge in [-0.2, -0.15) is 0 Å². The van der Waals surface area contributed by atoms with E-state index in [0.29, 0.717) is 38.9 Å². The van der Waals surface area contributed by atoms with Gasteiger partial charge in [-0.3, -0.25) is 0 Å². The van der Waals surface area contributed by atoms with E-state index < -0.39 is 0 Å². The van der Waals surface area contributed by atoms with Crippen LogP contribution in [-0.2, 0) is 14.2 Å². The van der Waals surface area contributed by atoms with E-state index in [1.54, 1.807) is 7.11 Å². The molecule has 0 aromatic carbocycles. The van der Waals surface area contributed by atoms with Crippen LogP contribution in [0.5, 0.6) is 0 Å². The first kappa shape index (κ1) is 11.2. The maximum atomic E-state index is 5.38. The molecule has 0 aliphatic rings. The number of alkyl halides is 1. The topological polar surface area (TPSA) is 27.7 Å². The van der Waals surface area contributed by atoms with E-state index in [-0.39, 0.29) is 0 Å². The van der Waals surface area contributed by atoms with Crippen molar-refractivity contribution in [3.63, 3.8) is 0 Å². The zero-order chi connectivity index (χ0) is 8.36. The number of halogens is 1. The van der Waals surface area contributed by atoms with Crippen LogP contribution >= 0.6 is 11.6 Å². The van der Waals surface area contributed by atoms with Gasteiger partial charge >= 0.3 is 0 Å². The summed E-state index contributed by atoms with van der Waals surface area (Å²) in [4.78, 5) is 0. The van der Waals surface area contributed by atoms with E-state index in [0.717, 1.165) is 0 Å². The third-order valence-corrected chi connectivity index (χ3v) is 1.18. The van der Waals surface area contributed by atoms with Crippen LogP contribution in [0.3, 0.4) is 0 Å². The molecule has 0 bridgehead atoms. The molecule has 0 aromatic rings. The van der Waals surface area contributed by atoms with Crippen LogP contribution in [0.1, 0.15) is 0 Å². The molecule has 68 valence electrons. The van der Waals surface area contributed by atoms with Gasteiger partial charge in [-0.25, -0.2) is 0 Å². The molecule has 0 aliphatic heterocycles. The van der Waals surface area contributed by atoms with Crippen LogP contribution in [-0.4, -0.2) is 46.0 Å². The van der Waals surface area contributed by atoms with Crippen LogP contribution < -0.4 is 0 Å². The Balaban J connectivity index is 2.69. The Morgan fingerprint density at radius 2 is 1.45 bits per heavy atom. The molecule has 0 N–H and O–H groups in total. The van der Waals surface area contributed by atoms with Crippen molar-refractivity contribution in [2.24, 2.45) is 0 Å². The largest absolute Gasteiger partial charge is 0.382 e. The number of hydrogen-bond acceptors (Lipinski definition) is 3. The highest BCUT2D eigenvalue weighted by molar-refractivity contribution is 6.17. The summed E-state index contributed by atoms with van der Waals surface area (Å²) in [7, 11) is 1.65. The van der Waals surface area contributed by atoms with E-state index in [2.05, 4.69) is 0 Å². The molecular weight excluding hydrogens is 168 g/mol. The summed E-state index contributed by atoms with van der Waals surface area (Å²) >= 11 is 5.38. The van der Waals surface area contributed by atoms with Gasteiger partial charge < -0.3 is 14.2 Å². The van der Waals surface area contributed by atoms with E-state index in [4.69, 9.17) is 25.8 Å². The van der Waals surface area contributed by atoms with Gasteiger partial charge in [-0.05, 0) is 0 Å². The molecular formula is C7H15ClO3. The average molecular weight is 183 g/mol. The highest BCUT2D eigenvalue weighted by atomic mass is 35.5. The molecule has 0 saturated carbocycles. The summed E-state index contributed by atoms with van der Waals surface area (Å²) in [5.74, 6) is 0.540. The normalized spacial score (nSPS) is 10.4. The zero-order valence-corrected chi connectivity index (χ0v) is 7.60. The first-order chi connectivity index (χ1) is 5.41. The fourth-order valence-corrected chi connectivity index (χ4v) is 0.628. The smallest absolute Gasteiger partial charge is 0.0701 e. The maximum absolute atomic E-state index is 5.38. The number of hydrogen-bond donors (Lipinski definition) is 0. The van der Waals surface area contributed by atoms with Crippen LogP contribution in [0, 0.1) is 0 Å². The van der Waals surface area contributed by atoms with Crippen molar-refractivity contribution in [1.82, 2.24) is 0 Å². The molecule has 3 nitrogen and oxygen atoms in total. The van der Waals surface area contributed by atoms with Crippen LogP contribution in [0.15, 0.2) is 0 Å². The van der Waals surface area contributed by atoms with Crippen molar-refractivity contribution < 1.29 is 14.2 Å². The van der Waals surface area contributed by atoms with Crippen molar-refractivity contribution >= 4 is 11.6 Å². The predicted molar refractivity (Wildman–Crippen MR) is 44.2 cm³/mol. The van der Waals surface area contributed by atoms with Crippen molar-refractivity contribution in [2.45, 2.75) is 0 Å². The highest BCUT2D eigenvalue weighted by Crippen LogP contribution is 1.81. The van der Waals surface area contributed by atoms with Crippen molar-refractivity contribution in [1.29, 1.82) is 0 Å². The van der Waals surface area contributed by atoms with Crippen molar-refractivity contribution in [3.8, 4) is 0 Å². The third-order valence-electron chi connectivity index (χ3n) is 1.03. The minimum absolute atomic E-state index is 0.540. The Bertz CT molecular complexity index is 62.7. The number of ether oxygens (including phenoxy) is 3. The average Bonchev–Trinajstić information content (AvgIpc) is 2.03. The third kappa shape index (κ3) is 10.2. The van der Waals surface area contributed by atoms with Gasteiger partial charge in [0.2, 0.25) is 0 Å². The molecule has 4 heteroatoms. The van der Waals surface area contributed by atoms with Gasteiger partial charge in [0, 0.05) is 13.0 Å². The molecule has 0 unspecified atom stereocenters. The molecule has 0 aliphatic carbocycles. The lowest BCUT2D eigenvalue weighted by Crippen LogP contribution is -2.09. The Labute approximate surface area is 72.6 Å². The Kier molecular flexibility index (Phi) is 10.3. The second-order valence-electron chi connectivity index (χ2n) is 1.91. The van der Waals surface area contributed by atoms with E-state index in [1.807, 2.05) is 0 Å². The summed E-state index contributed by atoms with van der Waals surface area (Å²) < 4.78 is 15.0. The van der Waals surface area contributed by atoms with Gasteiger partial charge in [0.25, 0.3) is 0 Å². The molecule has 0 aromatic heterocycles. The van der Waals surface area contributed by atoms with Crippen molar-refractivity contribution in [3.05, 3.63) is 0 Å². The first-order valence-corrected chi connectivity index (χ1v) is 4.15. The highest BCUT2D eigenvalue weighted by Gasteiger charge is 1.87. The van der Waals surface area contributed by atoms with E-state index in [9.17, 15) is 0 Å². The zero-order valence-electron chi connectivity index (χ0n) is 6.85. The minimum Gasteiger partial charge on any atom is -0.382 e. The SMILES string of the molecule is COCCOCCOCCCl. The fraction of sp³-hybridized carbons (Fsp3) is 1.00. The lowest BCUT2D eigenvalue weighted by atomic mass is 10.7. The predicted octanol–water partition coefficient (Wildman–Crippen LogP) is 0.905. The Morgan fingerprint density at radius 1 is 0.909 bits per heavy atom. The second-order valence-corrected chi connectivity index (χ2v) is 2.28. The van der Waals surface area contributed by atoms with Gasteiger partial charge in [0.1, 0.15) is 0 Å². The fourth-order valence-electron chi connectivity index (χ4n) is 0.519. The maximum Gasteiger partial charge on any atom is 0.0701 e. The summed E-state index contributed by atoms with van der Waals surface area (Å²) in [6.45, 7) is 3.07. The number of rotatable bonds is 8. The van der Waals surface area contributed by atoms with E-state index in [1.165, 1.54) is 0 Å². The van der Waals surface area contributed by atoms with Gasteiger partial charge in [0.15, 0.2) is 0 Å². The summed E-state index contributed by atoms with van der Waals surface area (Å²) in [5.41, 5.74) is 0. The summed E-state index contributed by atoms with van der Waals surface area (Å²) in [5, 5.41) is 0. The molecule has 0 radical (unpaired) electrons.